The van der Waals surface area contributed by atoms with Crippen LogP contribution in [-0.2, 0) is 13.0 Å². The number of aryl methyl sites for hydroxylation is 2. The van der Waals surface area contributed by atoms with E-state index in [-0.39, 0.29) is 24.0 Å². The molecule has 0 saturated carbocycles. The van der Waals surface area contributed by atoms with E-state index in [1.807, 2.05) is 38.1 Å². The first-order valence-corrected chi connectivity index (χ1v) is 7.63. The summed E-state index contributed by atoms with van der Waals surface area (Å²) in [6, 6.07) is 7.96. The van der Waals surface area contributed by atoms with E-state index in [4.69, 9.17) is 9.26 Å². The molecule has 0 unspecified atom stereocenters. The summed E-state index contributed by atoms with van der Waals surface area (Å²) in [5.41, 5.74) is 3.24. The Hall–Kier alpha value is -1.77. The zero-order valence-corrected chi connectivity index (χ0v) is 16.9. The molecule has 2 N–H and O–H groups in total. The highest BCUT2D eigenvalue weighted by atomic mass is 127. The second-order valence-electron chi connectivity index (χ2n) is 5.26. The molecule has 0 aliphatic carbocycles. The molecule has 7 heteroatoms. The molecule has 1 heterocycles. The number of halogens is 1. The van der Waals surface area contributed by atoms with Gasteiger partial charge in [0.25, 0.3) is 0 Å². The number of guanidine groups is 1. The SMILES string of the molecule is CN=C(NCCc1c(C)noc1C)NCc1cccc(OC)c1.I. The molecule has 0 spiro atoms. The first-order valence-electron chi connectivity index (χ1n) is 7.63. The Balaban J connectivity index is 0.00000288. The predicted molar refractivity (Wildman–Crippen MR) is 106 cm³/mol. The minimum Gasteiger partial charge on any atom is -0.497 e. The van der Waals surface area contributed by atoms with E-state index in [0.717, 1.165) is 47.3 Å². The lowest BCUT2D eigenvalue weighted by Gasteiger charge is -2.12. The largest absolute Gasteiger partial charge is 0.497 e. The highest BCUT2D eigenvalue weighted by Crippen LogP contribution is 2.13. The number of hydrogen-bond donors (Lipinski definition) is 2. The van der Waals surface area contributed by atoms with Crippen molar-refractivity contribution < 1.29 is 9.26 Å². The fourth-order valence-electron chi connectivity index (χ4n) is 2.35. The van der Waals surface area contributed by atoms with Crippen LogP contribution in [0.15, 0.2) is 33.8 Å². The second-order valence-corrected chi connectivity index (χ2v) is 5.26. The average molecular weight is 444 g/mol. The summed E-state index contributed by atoms with van der Waals surface area (Å²) in [5, 5.41) is 10.6. The van der Waals surface area contributed by atoms with Crippen molar-refractivity contribution in [1.82, 2.24) is 15.8 Å². The van der Waals surface area contributed by atoms with Crippen molar-refractivity contribution in [1.29, 1.82) is 0 Å². The number of rotatable bonds is 6. The van der Waals surface area contributed by atoms with Gasteiger partial charge in [-0.25, -0.2) is 0 Å². The molecule has 6 nitrogen and oxygen atoms in total. The molecule has 2 aromatic rings. The summed E-state index contributed by atoms with van der Waals surface area (Å²) in [6.45, 7) is 5.34. The van der Waals surface area contributed by atoms with Crippen molar-refractivity contribution in [3.05, 3.63) is 46.8 Å². The molecule has 0 saturated heterocycles. The zero-order chi connectivity index (χ0) is 16.7. The lowest BCUT2D eigenvalue weighted by Crippen LogP contribution is -2.37. The van der Waals surface area contributed by atoms with E-state index in [0.29, 0.717) is 6.54 Å². The molecule has 0 bridgehead atoms. The van der Waals surface area contributed by atoms with Crippen molar-refractivity contribution in [2.75, 3.05) is 20.7 Å². The van der Waals surface area contributed by atoms with Crippen LogP contribution in [0.2, 0.25) is 0 Å². The predicted octanol–water partition coefficient (Wildman–Crippen LogP) is 2.83. The zero-order valence-electron chi connectivity index (χ0n) is 14.5. The van der Waals surface area contributed by atoms with Gasteiger partial charge in [-0.15, -0.1) is 24.0 Å². The van der Waals surface area contributed by atoms with Gasteiger partial charge in [0.15, 0.2) is 5.96 Å². The lowest BCUT2D eigenvalue weighted by atomic mass is 10.1. The van der Waals surface area contributed by atoms with Crippen LogP contribution >= 0.6 is 24.0 Å². The fourth-order valence-corrected chi connectivity index (χ4v) is 2.35. The molecule has 0 aliphatic rings. The van der Waals surface area contributed by atoms with E-state index in [1.165, 1.54) is 0 Å². The Morgan fingerprint density at radius 3 is 2.71 bits per heavy atom. The Morgan fingerprint density at radius 2 is 2.08 bits per heavy atom. The molecule has 1 aromatic heterocycles. The minimum atomic E-state index is 0. The first-order chi connectivity index (χ1) is 11.1. The number of nitrogens with zero attached hydrogens (tertiary/aromatic N) is 2. The number of nitrogens with one attached hydrogen (secondary N) is 2. The van der Waals surface area contributed by atoms with Crippen molar-refractivity contribution in [3.8, 4) is 5.75 Å². The number of aliphatic imine (C=N–C) groups is 1. The number of methoxy groups -OCH3 is 1. The number of hydrogen-bond acceptors (Lipinski definition) is 4. The standard InChI is InChI=1S/C17H24N4O2.HI/c1-12-16(13(2)23-21-12)8-9-19-17(18-3)20-11-14-6-5-7-15(10-14)22-4;/h5-7,10H,8-9,11H2,1-4H3,(H2,18,19,20);1H. The van der Waals surface area contributed by atoms with Crippen molar-refractivity contribution >= 4 is 29.9 Å². The summed E-state index contributed by atoms with van der Waals surface area (Å²) < 4.78 is 10.4. The van der Waals surface area contributed by atoms with Crippen LogP contribution in [0, 0.1) is 13.8 Å². The summed E-state index contributed by atoms with van der Waals surface area (Å²) in [7, 11) is 3.43. The van der Waals surface area contributed by atoms with Crippen molar-refractivity contribution in [2.45, 2.75) is 26.8 Å². The van der Waals surface area contributed by atoms with Crippen LogP contribution in [0.5, 0.6) is 5.75 Å². The monoisotopic (exact) mass is 444 g/mol. The van der Waals surface area contributed by atoms with E-state index in [2.05, 4.69) is 20.8 Å². The summed E-state index contributed by atoms with van der Waals surface area (Å²) in [5.74, 6) is 2.49. The van der Waals surface area contributed by atoms with Gasteiger partial charge in [-0.1, -0.05) is 17.3 Å². The van der Waals surface area contributed by atoms with E-state index in [9.17, 15) is 0 Å². The Labute approximate surface area is 160 Å². The van der Waals surface area contributed by atoms with Gasteiger partial charge in [-0.2, -0.15) is 0 Å². The second kappa shape index (κ2) is 10.2. The maximum atomic E-state index is 5.23. The number of aromatic nitrogens is 1. The molecular weight excluding hydrogens is 419 g/mol. The average Bonchev–Trinajstić information content (AvgIpc) is 2.89. The number of benzene rings is 1. The Bertz CT molecular complexity index is 651. The van der Waals surface area contributed by atoms with Crippen LogP contribution in [0.25, 0.3) is 0 Å². The number of ether oxygens (including phenoxy) is 1. The molecular formula is C17H25IN4O2. The van der Waals surface area contributed by atoms with Crippen LogP contribution in [0.3, 0.4) is 0 Å². The van der Waals surface area contributed by atoms with Gasteiger partial charge >= 0.3 is 0 Å². The highest BCUT2D eigenvalue weighted by Gasteiger charge is 2.08. The Kier molecular flexibility index (Phi) is 8.59. The van der Waals surface area contributed by atoms with Gasteiger partial charge < -0.3 is 19.9 Å². The molecule has 0 fully saturated rings. The van der Waals surface area contributed by atoms with Crippen LogP contribution in [-0.4, -0.2) is 31.8 Å². The van der Waals surface area contributed by atoms with E-state index in [1.54, 1.807) is 14.2 Å². The fraction of sp³-hybridized carbons (Fsp3) is 0.412. The third-order valence-corrected chi connectivity index (χ3v) is 3.67. The maximum absolute atomic E-state index is 5.23. The van der Waals surface area contributed by atoms with E-state index >= 15 is 0 Å². The molecule has 132 valence electrons. The molecule has 24 heavy (non-hydrogen) atoms. The van der Waals surface area contributed by atoms with Crippen LogP contribution in [0.4, 0.5) is 0 Å². The Morgan fingerprint density at radius 1 is 1.29 bits per heavy atom. The van der Waals surface area contributed by atoms with Crippen molar-refractivity contribution in [3.63, 3.8) is 0 Å². The molecule has 0 aliphatic heterocycles. The van der Waals surface area contributed by atoms with Gasteiger partial charge in [0.1, 0.15) is 11.5 Å². The first kappa shape index (κ1) is 20.3. The highest BCUT2D eigenvalue weighted by molar-refractivity contribution is 14.0. The maximum Gasteiger partial charge on any atom is 0.191 e. The quantitative estimate of drug-likeness (QED) is 0.408. The van der Waals surface area contributed by atoms with Gasteiger partial charge in [0.05, 0.1) is 12.8 Å². The molecule has 1 aromatic carbocycles. The van der Waals surface area contributed by atoms with Gasteiger partial charge in [0.2, 0.25) is 0 Å². The molecule has 0 amide bonds. The smallest absolute Gasteiger partial charge is 0.191 e. The van der Waals surface area contributed by atoms with Gasteiger partial charge in [-0.05, 0) is 38.0 Å². The molecule has 0 radical (unpaired) electrons. The summed E-state index contributed by atoms with van der Waals surface area (Å²) in [4.78, 5) is 4.23. The normalized spacial score (nSPS) is 10.9. The lowest BCUT2D eigenvalue weighted by molar-refractivity contribution is 0.392. The third kappa shape index (κ3) is 5.70. The van der Waals surface area contributed by atoms with Gasteiger partial charge in [0, 0.05) is 25.7 Å². The molecule has 0 atom stereocenters. The van der Waals surface area contributed by atoms with Crippen molar-refractivity contribution in [2.24, 2.45) is 4.99 Å². The minimum absolute atomic E-state index is 0. The topological polar surface area (TPSA) is 71.7 Å². The van der Waals surface area contributed by atoms with Gasteiger partial charge in [-0.3, -0.25) is 4.99 Å². The van der Waals surface area contributed by atoms with E-state index < -0.39 is 0 Å². The van der Waals surface area contributed by atoms with Crippen LogP contribution in [0.1, 0.15) is 22.6 Å². The molecule has 2 rings (SSSR count). The summed E-state index contributed by atoms with van der Waals surface area (Å²) >= 11 is 0. The third-order valence-electron chi connectivity index (χ3n) is 3.67. The summed E-state index contributed by atoms with van der Waals surface area (Å²) in [6.07, 6.45) is 0.848. The van der Waals surface area contributed by atoms with Crippen LogP contribution < -0.4 is 15.4 Å².